The van der Waals surface area contributed by atoms with E-state index in [0.29, 0.717) is 12.1 Å². The van der Waals surface area contributed by atoms with Gasteiger partial charge in [0.1, 0.15) is 0 Å². The molecule has 4 nitrogen and oxygen atoms in total. The fourth-order valence-corrected chi connectivity index (χ4v) is 3.48. The van der Waals surface area contributed by atoms with Crippen molar-refractivity contribution in [2.45, 2.75) is 37.8 Å². The van der Waals surface area contributed by atoms with E-state index < -0.39 is 0 Å². The van der Waals surface area contributed by atoms with E-state index in [-0.39, 0.29) is 11.3 Å². The third-order valence-electron chi connectivity index (χ3n) is 4.86. The summed E-state index contributed by atoms with van der Waals surface area (Å²) in [5.41, 5.74) is 0.258. The van der Waals surface area contributed by atoms with E-state index in [1.807, 2.05) is 37.0 Å². The maximum absolute atomic E-state index is 12.2. The van der Waals surface area contributed by atoms with Gasteiger partial charge in [0, 0.05) is 38.2 Å². The Kier molecular flexibility index (Phi) is 4.31. The molecule has 0 N–H and O–H groups in total. The van der Waals surface area contributed by atoms with E-state index in [9.17, 15) is 4.79 Å². The number of likely N-dealkylation sites (N-methyl/N-ethyl adjacent to an activating group) is 2. The number of methoxy groups -OCH3 is 1. The molecule has 1 amide bonds. The van der Waals surface area contributed by atoms with Crippen LogP contribution in [0.25, 0.3) is 0 Å². The number of ether oxygens (including phenoxy) is 1. The predicted octanol–water partition coefficient (Wildman–Crippen LogP) is 1.52. The molecular weight excluding hydrogens is 240 g/mol. The zero-order valence-corrected chi connectivity index (χ0v) is 12.6. The van der Waals surface area contributed by atoms with Crippen LogP contribution >= 0.6 is 0 Å². The van der Waals surface area contributed by atoms with Crippen LogP contribution in [0.3, 0.4) is 0 Å². The Hall–Kier alpha value is -0.870. The van der Waals surface area contributed by atoms with Crippen molar-refractivity contribution in [1.82, 2.24) is 9.80 Å². The van der Waals surface area contributed by atoms with Crippen molar-refractivity contribution in [3.63, 3.8) is 0 Å². The normalized spacial score (nSPS) is 28.5. The Morgan fingerprint density at radius 2 is 2.05 bits per heavy atom. The summed E-state index contributed by atoms with van der Waals surface area (Å²) < 4.78 is 5.55. The lowest BCUT2D eigenvalue weighted by Gasteiger charge is -2.62. The SMILES string of the molecule is COC1CC(N(C)C(=O)/C=C/CN(C)C)C12CCC2. The highest BCUT2D eigenvalue weighted by Crippen LogP contribution is 2.58. The van der Waals surface area contributed by atoms with Gasteiger partial charge in [-0.3, -0.25) is 4.79 Å². The molecule has 2 atom stereocenters. The van der Waals surface area contributed by atoms with Gasteiger partial charge in [-0.15, -0.1) is 0 Å². The summed E-state index contributed by atoms with van der Waals surface area (Å²) in [5.74, 6) is 0.118. The second-order valence-corrected chi connectivity index (χ2v) is 6.18. The predicted molar refractivity (Wildman–Crippen MR) is 76.0 cm³/mol. The minimum absolute atomic E-state index is 0.118. The molecule has 2 saturated carbocycles. The van der Waals surface area contributed by atoms with Crippen molar-refractivity contribution in [3.8, 4) is 0 Å². The molecule has 2 aliphatic carbocycles. The highest BCUT2D eigenvalue weighted by molar-refractivity contribution is 5.87. The number of hydrogen-bond donors (Lipinski definition) is 0. The minimum Gasteiger partial charge on any atom is -0.381 e. The Morgan fingerprint density at radius 1 is 1.37 bits per heavy atom. The number of carbonyl (C=O) groups is 1. The third-order valence-corrected chi connectivity index (χ3v) is 4.86. The van der Waals surface area contributed by atoms with Crippen molar-refractivity contribution in [3.05, 3.63) is 12.2 Å². The highest BCUT2D eigenvalue weighted by Gasteiger charge is 2.60. The molecule has 2 rings (SSSR count). The Bertz CT molecular complexity index is 361. The maximum atomic E-state index is 12.2. The lowest BCUT2D eigenvalue weighted by Crippen LogP contribution is -2.67. The summed E-state index contributed by atoms with van der Waals surface area (Å²) in [6.45, 7) is 0.802. The first kappa shape index (κ1) is 14.5. The Labute approximate surface area is 116 Å². The summed E-state index contributed by atoms with van der Waals surface area (Å²) in [5, 5.41) is 0. The largest absolute Gasteiger partial charge is 0.381 e. The average Bonchev–Trinajstić information content (AvgIpc) is 2.25. The minimum atomic E-state index is 0.118. The summed E-state index contributed by atoms with van der Waals surface area (Å²) in [4.78, 5) is 16.1. The lowest BCUT2D eigenvalue weighted by molar-refractivity contribution is -0.193. The van der Waals surface area contributed by atoms with Crippen LogP contribution in [0.15, 0.2) is 12.2 Å². The standard InChI is InChI=1S/C15H26N2O2/c1-16(2)10-5-7-14(18)17(3)12-11-13(19-4)15(12)8-6-9-15/h5,7,12-13H,6,8-11H2,1-4H3/b7-5+. The molecule has 0 bridgehead atoms. The number of amides is 1. The van der Waals surface area contributed by atoms with Gasteiger partial charge in [0.05, 0.1) is 6.10 Å². The summed E-state index contributed by atoms with van der Waals surface area (Å²) >= 11 is 0. The monoisotopic (exact) mass is 266 g/mol. The van der Waals surface area contributed by atoms with E-state index in [0.717, 1.165) is 13.0 Å². The number of rotatable bonds is 5. The second kappa shape index (κ2) is 5.63. The smallest absolute Gasteiger partial charge is 0.246 e. The molecule has 2 fully saturated rings. The third kappa shape index (κ3) is 2.56. The quantitative estimate of drug-likeness (QED) is 0.707. The Balaban J connectivity index is 1.91. The molecule has 0 saturated heterocycles. The second-order valence-electron chi connectivity index (χ2n) is 6.18. The van der Waals surface area contributed by atoms with Crippen LogP contribution in [0.4, 0.5) is 0 Å². The Morgan fingerprint density at radius 3 is 2.53 bits per heavy atom. The van der Waals surface area contributed by atoms with Gasteiger partial charge in [-0.1, -0.05) is 12.5 Å². The fourth-order valence-electron chi connectivity index (χ4n) is 3.48. The van der Waals surface area contributed by atoms with E-state index in [1.54, 1.807) is 13.2 Å². The average molecular weight is 266 g/mol. The molecule has 0 aliphatic heterocycles. The van der Waals surface area contributed by atoms with E-state index in [1.165, 1.54) is 19.3 Å². The van der Waals surface area contributed by atoms with Crippen molar-refractivity contribution in [2.24, 2.45) is 5.41 Å². The molecule has 0 heterocycles. The van der Waals surface area contributed by atoms with E-state index >= 15 is 0 Å². The van der Waals surface area contributed by atoms with Gasteiger partial charge in [-0.05, 0) is 33.4 Å². The van der Waals surface area contributed by atoms with Crippen LogP contribution in [0.5, 0.6) is 0 Å². The topological polar surface area (TPSA) is 32.8 Å². The van der Waals surface area contributed by atoms with Crippen LogP contribution in [0, 0.1) is 5.41 Å². The maximum Gasteiger partial charge on any atom is 0.246 e. The van der Waals surface area contributed by atoms with Gasteiger partial charge < -0.3 is 14.5 Å². The van der Waals surface area contributed by atoms with Crippen LogP contribution < -0.4 is 0 Å². The van der Waals surface area contributed by atoms with Gasteiger partial charge >= 0.3 is 0 Å². The molecule has 0 aromatic carbocycles. The van der Waals surface area contributed by atoms with E-state index in [2.05, 4.69) is 0 Å². The molecule has 1 spiro atoms. The number of hydrogen-bond acceptors (Lipinski definition) is 3. The molecule has 4 heteroatoms. The van der Waals surface area contributed by atoms with Gasteiger partial charge in [0.25, 0.3) is 0 Å². The highest BCUT2D eigenvalue weighted by atomic mass is 16.5. The van der Waals surface area contributed by atoms with Crippen molar-refractivity contribution >= 4 is 5.91 Å². The van der Waals surface area contributed by atoms with Crippen LogP contribution in [-0.2, 0) is 9.53 Å². The zero-order chi connectivity index (χ0) is 14.0. The van der Waals surface area contributed by atoms with Gasteiger partial charge in [0.2, 0.25) is 5.91 Å². The lowest BCUT2D eigenvalue weighted by atomic mass is 9.50. The first-order chi connectivity index (χ1) is 9.01. The first-order valence-electron chi connectivity index (χ1n) is 7.12. The molecule has 0 aromatic heterocycles. The molecule has 0 aromatic rings. The molecule has 108 valence electrons. The first-order valence-corrected chi connectivity index (χ1v) is 7.12. The molecular formula is C15H26N2O2. The van der Waals surface area contributed by atoms with E-state index in [4.69, 9.17) is 4.74 Å². The van der Waals surface area contributed by atoms with Gasteiger partial charge in [-0.25, -0.2) is 0 Å². The summed E-state index contributed by atoms with van der Waals surface area (Å²) in [7, 11) is 7.71. The van der Waals surface area contributed by atoms with Crippen molar-refractivity contribution < 1.29 is 9.53 Å². The van der Waals surface area contributed by atoms with Crippen molar-refractivity contribution in [2.75, 3.05) is 34.8 Å². The number of nitrogens with zero attached hydrogens (tertiary/aromatic N) is 2. The summed E-state index contributed by atoms with van der Waals surface area (Å²) in [6.07, 6.45) is 8.65. The van der Waals surface area contributed by atoms with Crippen LogP contribution in [0.1, 0.15) is 25.7 Å². The van der Waals surface area contributed by atoms with Gasteiger partial charge in [0.15, 0.2) is 0 Å². The molecule has 19 heavy (non-hydrogen) atoms. The van der Waals surface area contributed by atoms with Crippen LogP contribution in [-0.4, -0.2) is 62.7 Å². The number of carbonyl (C=O) groups excluding carboxylic acids is 1. The fraction of sp³-hybridized carbons (Fsp3) is 0.800. The van der Waals surface area contributed by atoms with Crippen LogP contribution in [0.2, 0.25) is 0 Å². The summed E-state index contributed by atoms with van der Waals surface area (Å²) in [6, 6.07) is 0.364. The molecule has 2 aliphatic rings. The molecule has 0 radical (unpaired) electrons. The molecule has 2 unspecified atom stereocenters. The zero-order valence-electron chi connectivity index (χ0n) is 12.6. The van der Waals surface area contributed by atoms with Crippen molar-refractivity contribution in [1.29, 1.82) is 0 Å². The van der Waals surface area contributed by atoms with Gasteiger partial charge in [-0.2, -0.15) is 0 Å².